The van der Waals surface area contributed by atoms with Crippen molar-refractivity contribution in [2.45, 2.75) is 0 Å². The van der Waals surface area contributed by atoms with E-state index in [1.807, 2.05) is 0 Å². The van der Waals surface area contributed by atoms with Gasteiger partial charge in [0, 0.05) is 0 Å². The monoisotopic (exact) mass is 394 g/mol. The first-order valence-electron chi connectivity index (χ1n) is 1.64. The zero-order valence-electron chi connectivity index (χ0n) is 5.52. The molecular formula is N3O9Pb. The average Bonchev–Trinajstić information content (AvgIpc) is 1.54. The summed E-state index contributed by atoms with van der Waals surface area (Å²) in [5.74, 6) is 0. The second-order valence-electron chi connectivity index (χ2n) is 0.671. The average molecular weight is 393 g/mol. The molecule has 0 saturated carbocycles. The molecule has 0 rings (SSSR count). The minimum atomic E-state index is -1.75. The molecular weight excluding hydrogens is 393 g/mol. The molecule has 1 radical (unpaired) electrons. The van der Waals surface area contributed by atoms with Crippen LogP contribution in [-0.2, 0) is 0 Å². The largest absolute Gasteiger partial charge is 3.00 e. The van der Waals surface area contributed by atoms with Crippen LogP contribution >= 0.6 is 0 Å². The van der Waals surface area contributed by atoms with Gasteiger partial charge < -0.3 is 46.0 Å². The summed E-state index contributed by atoms with van der Waals surface area (Å²) in [5.41, 5.74) is 0. The summed E-state index contributed by atoms with van der Waals surface area (Å²) in [6.45, 7) is 0. The SMILES string of the molecule is O=[N+]([O-])[O-].O=[N+]([O-])[O-].O=[N+]([O-])[O-].[Pb+3]. The summed E-state index contributed by atoms with van der Waals surface area (Å²) >= 11 is 0. The molecule has 0 saturated heterocycles. The Morgan fingerprint density at radius 2 is 0.538 bits per heavy atom. The molecule has 0 aliphatic heterocycles. The van der Waals surface area contributed by atoms with Crippen LogP contribution < -0.4 is 0 Å². The molecule has 0 aromatic heterocycles. The van der Waals surface area contributed by atoms with Gasteiger partial charge in [-0.15, -0.1) is 0 Å². The van der Waals surface area contributed by atoms with Crippen LogP contribution in [0.4, 0.5) is 0 Å². The topological polar surface area (TPSA) is 199 Å². The van der Waals surface area contributed by atoms with Gasteiger partial charge in [-0.05, 0) is 0 Å². The summed E-state index contributed by atoms with van der Waals surface area (Å²) < 4.78 is 0. The second kappa shape index (κ2) is 16.9. The van der Waals surface area contributed by atoms with Crippen LogP contribution in [0.1, 0.15) is 0 Å². The second-order valence-corrected chi connectivity index (χ2v) is 0.671. The summed E-state index contributed by atoms with van der Waals surface area (Å²) in [7, 11) is 0. The fraction of sp³-hybridized carbons (Fsp3) is 0. The third-order valence-electron chi connectivity index (χ3n) is 0. The molecule has 73 valence electrons. The van der Waals surface area contributed by atoms with Gasteiger partial charge in [-0.25, -0.2) is 0 Å². The molecule has 0 aliphatic carbocycles. The minimum absolute atomic E-state index is 0. The van der Waals surface area contributed by atoms with Crippen molar-refractivity contribution in [2.75, 3.05) is 0 Å². The van der Waals surface area contributed by atoms with Gasteiger partial charge in [0.25, 0.3) is 0 Å². The van der Waals surface area contributed by atoms with E-state index in [9.17, 15) is 0 Å². The molecule has 13 heteroatoms. The Morgan fingerprint density at radius 1 is 0.538 bits per heavy atom. The molecule has 0 spiro atoms. The molecule has 0 aromatic rings. The van der Waals surface area contributed by atoms with Crippen molar-refractivity contribution in [3.63, 3.8) is 0 Å². The number of hydrogen-bond acceptors (Lipinski definition) is 9. The van der Waals surface area contributed by atoms with E-state index in [0.29, 0.717) is 0 Å². The predicted octanol–water partition coefficient (Wildman–Crippen LogP) is -1.10. The first-order valence-corrected chi connectivity index (χ1v) is 1.64. The van der Waals surface area contributed by atoms with Crippen LogP contribution in [0.15, 0.2) is 0 Å². The van der Waals surface area contributed by atoms with E-state index in [2.05, 4.69) is 0 Å². The maximum atomic E-state index is 8.25. The van der Waals surface area contributed by atoms with Gasteiger partial charge in [-0.3, -0.25) is 0 Å². The third kappa shape index (κ3) is 350. The van der Waals surface area contributed by atoms with Gasteiger partial charge in [-0.2, -0.15) is 0 Å². The molecule has 0 aromatic carbocycles. The molecule has 13 heavy (non-hydrogen) atoms. The minimum Gasteiger partial charge on any atom is -0.356 e. The summed E-state index contributed by atoms with van der Waals surface area (Å²) in [6, 6.07) is 0. The van der Waals surface area contributed by atoms with E-state index < -0.39 is 15.3 Å². The van der Waals surface area contributed by atoms with E-state index in [1.54, 1.807) is 0 Å². The van der Waals surface area contributed by atoms with E-state index in [-0.39, 0.29) is 27.3 Å². The molecule has 0 amide bonds. The zero-order chi connectivity index (χ0) is 10.7. The first kappa shape index (κ1) is 22.5. The van der Waals surface area contributed by atoms with Crippen molar-refractivity contribution >= 4 is 27.3 Å². The van der Waals surface area contributed by atoms with Gasteiger partial charge in [0.1, 0.15) is 0 Å². The van der Waals surface area contributed by atoms with Crippen molar-refractivity contribution in [1.29, 1.82) is 0 Å². The van der Waals surface area contributed by atoms with E-state index >= 15 is 0 Å². The van der Waals surface area contributed by atoms with Gasteiger partial charge in [0.15, 0.2) is 0 Å². The van der Waals surface area contributed by atoms with E-state index in [4.69, 9.17) is 46.0 Å². The van der Waals surface area contributed by atoms with Crippen molar-refractivity contribution in [3.8, 4) is 0 Å². The summed E-state index contributed by atoms with van der Waals surface area (Å²) in [4.78, 5) is 24.8. The van der Waals surface area contributed by atoms with E-state index in [1.165, 1.54) is 0 Å². The normalized spacial score (nSPS) is 5.54. The molecule has 12 nitrogen and oxygen atoms in total. The van der Waals surface area contributed by atoms with Gasteiger partial charge >= 0.3 is 27.3 Å². The molecule has 0 aliphatic rings. The van der Waals surface area contributed by atoms with Gasteiger partial charge in [0.05, 0.1) is 15.3 Å². The van der Waals surface area contributed by atoms with Crippen molar-refractivity contribution < 1.29 is 15.3 Å². The fourth-order valence-electron chi connectivity index (χ4n) is 0. The van der Waals surface area contributed by atoms with E-state index in [0.717, 1.165) is 0 Å². The van der Waals surface area contributed by atoms with Crippen molar-refractivity contribution in [2.24, 2.45) is 0 Å². The van der Waals surface area contributed by atoms with Crippen molar-refractivity contribution in [1.82, 2.24) is 0 Å². The molecule has 0 N–H and O–H groups in total. The van der Waals surface area contributed by atoms with Crippen LogP contribution in [0, 0.1) is 46.0 Å². The standard InChI is InChI=1S/3NO3.Pb/c3*2-1(3)4;/q3*-1;+3. The molecule has 0 unspecified atom stereocenters. The van der Waals surface area contributed by atoms with Crippen LogP contribution in [0.2, 0.25) is 0 Å². The first-order chi connectivity index (χ1) is 5.20. The maximum absolute atomic E-state index is 8.25. The Bertz CT molecular complexity index is 112. The smallest absolute Gasteiger partial charge is 0.356 e. The Hall–Kier alpha value is -1.48. The number of nitrogens with zero attached hydrogens (tertiary/aromatic N) is 3. The molecule has 0 atom stereocenters. The summed E-state index contributed by atoms with van der Waals surface area (Å²) in [6.07, 6.45) is 0. The maximum Gasteiger partial charge on any atom is 3.00 e. The Labute approximate surface area is 88.9 Å². The van der Waals surface area contributed by atoms with Crippen molar-refractivity contribution in [3.05, 3.63) is 46.0 Å². The van der Waals surface area contributed by atoms with Crippen LogP contribution in [0.3, 0.4) is 0 Å². The Morgan fingerprint density at radius 3 is 0.538 bits per heavy atom. The van der Waals surface area contributed by atoms with Gasteiger partial charge in [-0.1, -0.05) is 0 Å². The number of rotatable bonds is 0. The predicted molar refractivity (Wildman–Crippen MR) is 36.8 cm³/mol. The fourth-order valence-corrected chi connectivity index (χ4v) is 0. The number of hydrogen-bond donors (Lipinski definition) is 0. The van der Waals surface area contributed by atoms with Gasteiger partial charge in [0.2, 0.25) is 0 Å². The Balaban J connectivity index is -0.0000000450. The third-order valence-corrected chi connectivity index (χ3v) is 0. The Kier molecular flexibility index (Phi) is 29.2. The quantitative estimate of drug-likeness (QED) is 0.278. The van der Waals surface area contributed by atoms with Crippen LogP contribution in [0.25, 0.3) is 0 Å². The summed E-state index contributed by atoms with van der Waals surface area (Å²) in [5, 5.41) is 44.2. The van der Waals surface area contributed by atoms with Crippen LogP contribution in [-0.4, -0.2) is 42.6 Å². The molecule has 0 bridgehead atoms. The molecule has 0 fully saturated rings. The van der Waals surface area contributed by atoms with Crippen LogP contribution in [0.5, 0.6) is 0 Å². The molecule has 0 heterocycles. The zero-order valence-corrected chi connectivity index (χ0v) is 9.40.